The Bertz CT molecular complexity index is 639. The maximum absolute atomic E-state index is 5.92. The van der Waals surface area contributed by atoms with Gasteiger partial charge in [-0.3, -0.25) is 0 Å². The zero-order valence-corrected chi connectivity index (χ0v) is 12.9. The fourth-order valence-corrected chi connectivity index (χ4v) is 2.65. The lowest BCUT2D eigenvalue weighted by Crippen LogP contribution is -2.27. The number of hydrogen-bond acceptors (Lipinski definition) is 4. The van der Waals surface area contributed by atoms with Gasteiger partial charge >= 0.3 is 0 Å². The molecule has 2 N–H and O–H groups in total. The number of hydrogen-bond donors (Lipinski definition) is 1. The van der Waals surface area contributed by atoms with E-state index in [1.807, 2.05) is 43.3 Å². The lowest BCUT2D eigenvalue weighted by atomic mass is 9.94. The van der Waals surface area contributed by atoms with Gasteiger partial charge in [0.25, 0.3) is 0 Å². The second-order valence-electron chi connectivity index (χ2n) is 5.51. The van der Waals surface area contributed by atoms with Crippen LogP contribution in [-0.4, -0.2) is 12.9 Å². The van der Waals surface area contributed by atoms with Crippen molar-refractivity contribution >= 4 is 5.69 Å². The minimum absolute atomic E-state index is 0.181. The van der Waals surface area contributed by atoms with E-state index in [4.69, 9.17) is 19.9 Å². The number of rotatable bonds is 4. The van der Waals surface area contributed by atoms with E-state index in [0.29, 0.717) is 12.5 Å². The van der Waals surface area contributed by atoms with Gasteiger partial charge in [0.2, 0.25) is 0 Å². The van der Waals surface area contributed by atoms with Crippen LogP contribution >= 0.6 is 0 Å². The summed E-state index contributed by atoms with van der Waals surface area (Å²) in [6.45, 7) is 4.81. The maximum Gasteiger partial charge on any atom is 0.200 e. The molecule has 0 fully saturated rings. The van der Waals surface area contributed by atoms with Gasteiger partial charge in [-0.1, -0.05) is 13.0 Å². The van der Waals surface area contributed by atoms with E-state index in [1.54, 1.807) is 0 Å². The number of nitrogen functional groups attached to an aromatic ring is 1. The van der Waals surface area contributed by atoms with Crippen molar-refractivity contribution in [1.82, 2.24) is 0 Å². The number of ether oxygens (including phenoxy) is 3. The van der Waals surface area contributed by atoms with Gasteiger partial charge in [-0.05, 0) is 48.7 Å². The summed E-state index contributed by atoms with van der Waals surface area (Å²) in [5, 5.41) is 0. The number of anilines is 1. The second-order valence-corrected chi connectivity index (χ2v) is 5.51. The monoisotopic (exact) mass is 299 g/mol. The van der Waals surface area contributed by atoms with Crippen LogP contribution < -0.4 is 15.2 Å². The molecule has 0 amide bonds. The van der Waals surface area contributed by atoms with E-state index in [2.05, 4.69) is 13.0 Å². The number of nitrogens with two attached hydrogens (primary N) is 1. The standard InChI is InChI=1S/C18H21NO3/c1-3-20-18-10-12(2)16-9-8-15(11-17(16)22-18)21-14-6-4-13(19)5-7-14/h4-9,11-12,18H,3,10,19H2,1-2H3. The SMILES string of the molecule is CCOC1CC(C)c2ccc(Oc3ccc(N)cc3)cc2O1. The van der Waals surface area contributed by atoms with Gasteiger partial charge in [-0.2, -0.15) is 0 Å². The average Bonchev–Trinajstić information content (AvgIpc) is 2.50. The first-order valence-electron chi connectivity index (χ1n) is 7.61. The number of benzene rings is 2. The molecule has 0 bridgehead atoms. The van der Waals surface area contributed by atoms with Crippen molar-refractivity contribution in [2.45, 2.75) is 32.5 Å². The van der Waals surface area contributed by atoms with Crippen LogP contribution in [0.5, 0.6) is 17.2 Å². The van der Waals surface area contributed by atoms with Crippen molar-refractivity contribution in [3.8, 4) is 17.2 Å². The lowest BCUT2D eigenvalue weighted by molar-refractivity contribution is -0.0906. The first kappa shape index (κ1) is 14.7. The topological polar surface area (TPSA) is 53.7 Å². The molecule has 1 aliphatic heterocycles. The molecule has 0 aromatic heterocycles. The summed E-state index contributed by atoms with van der Waals surface area (Å²) in [6, 6.07) is 13.3. The quantitative estimate of drug-likeness (QED) is 0.855. The van der Waals surface area contributed by atoms with Crippen LogP contribution in [0.25, 0.3) is 0 Å². The Kier molecular flexibility index (Phi) is 4.20. The highest BCUT2D eigenvalue weighted by atomic mass is 16.7. The lowest BCUT2D eigenvalue weighted by Gasteiger charge is -2.30. The van der Waals surface area contributed by atoms with Gasteiger partial charge in [0.05, 0.1) is 0 Å². The molecule has 2 aromatic rings. The van der Waals surface area contributed by atoms with Crippen molar-refractivity contribution in [3.05, 3.63) is 48.0 Å². The Hall–Kier alpha value is -2.20. The van der Waals surface area contributed by atoms with Crippen molar-refractivity contribution in [2.75, 3.05) is 12.3 Å². The first-order chi connectivity index (χ1) is 10.7. The van der Waals surface area contributed by atoms with E-state index >= 15 is 0 Å². The molecule has 3 rings (SSSR count). The van der Waals surface area contributed by atoms with Gasteiger partial charge in [0, 0.05) is 24.8 Å². The molecule has 116 valence electrons. The largest absolute Gasteiger partial charge is 0.464 e. The van der Waals surface area contributed by atoms with Gasteiger partial charge in [0.15, 0.2) is 6.29 Å². The highest BCUT2D eigenvalue weighted by Gasteiger charge is 2.26. The normalized spacial score (nSPS) is 20.1. The summed E-state index contributed by atoms with van der Waals surface area (Å²) in [5.41, 5.74) is 7.59. The molecule has 1 heterocycles. The summed E-state index contributed by atoms with van der Waals surface area (Å²) < 4.78 is 17.4. The minimum atomic E-state index is -0.181. The van der Waals surface area contributed by atoms with Crippen LogP contribution in [0.2, 0.25) is 0 Å². The third-order valence-electron chi connectivity index (χ3n) is 3.79. The summed E-state index contributed by atoms with van der Waals surface area (Å²) in [4.78, 5) is 0. The fourth-order valence-electron chi connectivity index (χ4n) is 2.65. The molecule has 0 saturated heterocycles. The molecule has 0 radical (unpaired) electrons. The van der Waals surface area contributed by atoms with Crippen molar-refractivity contribution < 1.29 is 14.2 Å². The Balaban J connectivity index is 1.80. The van der Waals surface area contributed by atoms with Crippen LogP contribution in [0.4, 0.5) is 5.69 Å². The molecule has 2 atom stereocenters. The van der Waals surface area contributed by atoms with Crippen LogP contribution in [-0.2, 0) is 4.74 Å². The van der Waals surface area contributed by atoms with E-state index in [1.165, 1.54) is 5.56 Å². The van der Waals surface area contributed by atoms with E-state index in [9.17, 15) is 0 Å². The summed E-state index contributed by atoms with van der Waals surface area (Å²) >= 11 is 0. The minimum Gasteiger partial charge on any atom is -0.464 e. The summed E-state index contributed by atoms with van der Waals surface area (Å²) in [6.07, 6.45) is 0.693. The zero-order chi connectivity index (χ0) is 15.5. The molecule has 0 saturated carbocycles. The Morgan fingerprint density at radius 1 is 1.14 bits per heavy atom. The van der Waals surface area contributed by atoms with E-state index < -0.39 is 0 Å². The van der Waals surface area contributed by atoms with Gasteiger partial charge in [-0.15, -0.1) is 0 Å². The van der Waals surface area contributed by atoms with Gasteiger partial charge in [-0.25, -0.2) is 0 Å². The Morgan fingerprint density at radius 3 is 2.59 bits per heavy atom. The molecule has 1 aliphatic rings. The van der Waals surface area contributed by atoms with E-state index in [-0.39, 0.29) is 6.29 Å². The van der Waals surface area contributed by atoms with Crippen LogP contribution in [0, 0.1) is 0 Å². The van der Waals surface area contributed by atoms with Crippen molar-refractivity contribution in [2.24, 2.45) is 0 Å². The average molecular weight is 299 g/mol. The molecular weight excluding hydrogens is 278 g/mol. The molecule has 0 spiro atoms. The molecule has 0 aliphatic carbocycles. The molecule has 4 heteroatoms. The van der Waals surface area contributed by atoms with Gasteiger partial charge in [0.1, 0.15) is 17.2 Å². The predicted octanol–water partition coefficient (Wildman–Crippen LogP) is 4.31. The smallest absolute Gasteiger partial charge is 0.200 e. The Labute approximate surface area is 130 Å². The highest BCUT2D eigenvalue weighted by molar-refractivity contribution is 5.47. The zero-order valence-electron chi connectivity index (χ0n) is 12.9. The summed E-state index contributed by atoms with van der Waals surface area (Å²) in [5.74, 6) is 2.74. The third-order valence-corrected chi connectivity index (χ3v) is 3.79. The van der Waals surface area contributed by atoms with Crippen LogP contribution in [0.1, 0.15) is 31.7 Å². The first-order valence-corrected chi connectivity index (χ1v) is 7.61. The highest BCUT2D eigenvalue weighted by Crippen LogP contribution is 2.39. The van der Waals surface area contributed by atoms with Crippen LogP contribution in [0.3, 0.4) is 0 Å². The molecule has 22 heavy (non-hydrogen) atoms. The second kappa shape index (κ2) is 6.28. The molecule has 2 aromatic carbocycles. The van der Waals surface area contributed by atoms with Crippen molar-refractivity contribution in [3.63, 3.8) is 0 Å². The molecular formula is C18H21NO3. The van der Waals surface area contributed by atoms with Gasteiger partial charge < -0.3 is 19.9 Å². The van der Waals surface area contributed by atoms with Crippen molar-refractivity contribution in [1.29, 1.82) is 0 Å². The Morgan fingerprint density at radius 2 is 1.86 bits per heavy atom. The van der Waals surface area contributed by atoms with E-state index in [0.717, 1.165) is 29.4 Å². The fraction of sp³-hybridized carbons (Fsp3) is 0.333. The predicted molar refractivity (Wildman–Crippen MR) is 86.4 cm³/mol. The summed E-state index contributed by atoms with van der Waals surface area (Å²) in [7, 11) is 0. The molecule has 4 nitrogen and oxygen atoms in total. The maximum atomic E-state index is 5.92. The third kappa shape index (κ3) is 3.17. The molecule has 2 unspecified atom stereocenters. The van der Waals surface area contributed by atoms with Crippen LogP contribution in [0.15, 0.2) is 42.5 Å². The number of fused-ring (bicyclic) bond motifs is 1.